The van der Waals surface area contributed by atoms with Crippen LogP contribution in [0.2, 0.25) is 0 Å². The molecule has 0 spiro atoms. The van der Waals surface area contributed by atoms with Gasteiger partial charge in [0, 0.05) is 24.2 Å². The summed E-state index contributed by atoms with van der Waals surface area (Å²) in [6.45, 7) is 7.85. The summed E-state index contributed by atoms with van der Waals surface area (Å²) in [7, 11) is 0. The third-order valence-electron chi connectivity index (χ3n) is 5.33. The number of carbonyl (C=O) groups is 1. The predicted octanol–water partition coefficient (Wildman–Crippen LogP) is 2.29. The van der Waals surface area contributed by atoms with Crippen molar-refractivity contribution in [2.24, 2.45) is 11.3 Å². The Bertz CT molecular complexity index is 349. The second-order valence-corrected chi connectivity index (χ2v) is 6.57. The minimum Gasteiger partial charge on any atom is -0.371 e. The number of likely N-dealkylation sites (tertiary alicyclic amines) is 1. The van der Waals surface area contributed by atoms with Crippen LogP contribution in [0.25, 0.3) is 0 Å². The molecule has 1 aliphatic heterocycles. The van der Waals surface area contributed by atoms with E-state index in [1.54, 1.807) is 0 Å². The van der Waals surface area contributed by atoms with Crippen molar-refractivity contribution in [2.75, 3.05) is 13.1 Å². The SMILES string of the molecule is C=C(C)N1CC(NC(=O)C23CCC(CC2)CC3)C1. The predicted molar refractivity (Wildman–Crippen MR) is 71.9 cm³/mol. The van der Waals surface area contributed by atoms with Gasteiger partial charge in [-0.2, -0.15) is 0 Å². The Morgan fingerprint density at radius 2 is 1.78 bits per heavy atom. The molecule has 4 fully saturated rings. The van der Waals surface area contributed by atoms with Crippen LogP contribution in [0.3, 0.4) is 0 Å². The van der Waals surface area contributed by atoms with E-state index in [9.17, 15) is 4.79 Å². The summed E-state index contributed by atoms with van der Waals surface area (Å²) >= 11 is 0. The molecule has 1 saturated heterocycles. The van der Waals surface area contributed by atoms with Crippen molar-refractivity contribution in [2.45, 2.75) is 51.5 Å². The molecule has 1 heterocycles. The van der Waals surface area contributed by atoms with Crippen molar-refractivity contribution >= 4 is 5.91 Å². The summed E-state index contributed by atoms with van der Waals surface area (Å²) in [5.74, 6) is 1.26. The number of hydrogen-bond donors (Lipinski definition) is 1. The molecule has 4 rings (SSSR count). The minimum absolute atomic E-state index is 0.00159. The van der Waals surface area contributed by atoms with Crippen molar-refractivity contribution in [1.82, 2.24) is 10.2 Å². The number of nitrogens with zero attached hydrogens (tertiary/aromatic N) is 1. The van der Waals surface area contributed by atoms with Crippen LogP contribution in [0.15, 0.2) is 12.3 Å². The van der Waals surface area contributed by atoms with E-state index in [2.05, 4.69) is 16.8 Å². The van der Waals surface area contributed by atoms with E-state index in [1.807, 2.05) is 6.92 Å². The molecule has 18 heavy (non-hydrogen) atoms. The Balaban J connectivity index is 1.54. The zero-order valence-electron chi connectivity index (χ0n) is 11.4. The molecule has 100 valence electrons. The Labute approximate surface area is 110 Å². The summed E-state index contributed by atoms with van der Waals surface area (Å²) in [5.41, 5.74) is 1.11. The largest absolute Gasteiger partial charge is 0.371 e. The Morgan fingerprint density at radius 1 is 1.22 bits per heavy atom. The lowest BCUT2D eigenvalue weighted by molar-refractivity contribution is -0.138. The van der Waals surface area contributed by atoms with E-state index in [4.69, 9.17) is 0 Å². The first-order valence-corrected chi connectivity index (χ1v) is 7.30. The molecule has 3 aliphatic carbocycles. The summed E-state index contributed by atoms with van der Waals surface area (Å²) in [6, 6.07) is 0.350. The maximum atomic E-state index is 12.5. The van der Waals surface area contributed by atoms with Gasteiger partial charge in [-0.25, -0.2) is 0 Å². The van der Waals surface area contributed by atoms with Gasteiger partial charge in [-0.15, -0.1) is 0 Å². The monoisotopic (exact) mass is 248 g/mol. The lowest BCUT2D eigenvalue weighted by atomic mass is 9.60. The first-order valence-electron chi connectivity index (χ1n) is 7.30. The van der Waals surface area contributed by atoms with Crippen LogP contribution in [0.1, 0.15) is 45.4 Å². The number of allylic oxidation sites excluding steroid dienone is 1. The lowest BCUT2D eigenvalue weighted by Crippen LogP contribution is -2.61. The Hall–Kier alpha value is -0.990. The number of rotatable bonds is 3. The molecule has 1 N–H and O–H groups in total. The summed E-state index contributed by atoms with van der Waals surface area (Å²) in [4.78, 5) is 14.7. The van der Waals surface area contributed by atoms with Gasteiger partial charge in [-0.05, 0) is 51.4 Å². The maximum absolute atomic E-state index is 12.5. The van der Waals surface area contributed by atoms with Crippen LogP contribution >= 0.6 is 0 Å². The third-order valence-corrected chi connectivity index (χ3v) is 5.33. The number of hydrogen-bond acceptors (Lipinski definition) is 2. The van der Waals surface area contributed by atoms with E-state index in [1.165, 1.54) is 19.3 Å². The summed E-state index contributed by atoms with van der Waals surface area (Å²) in [5, 5.41) is 3.27. The fourth-order valence-electron chi connectivity index (χ4n) is 3.81. The van der Waals surface area contributed by atoms with E-state index >= 15 is 0 Å². The van der Waals surface area contributed by atoms with Crippen molar-refractivity contribution in [1.29, 1.82) is 0 Å². The van der Waals surface area contributed by atoms with Crippen LogP contribution in [-0.4, -0.2) is 29.9 Å². The molecule has 0 unspecified atom stereocenters. The Kier molecular flexibility index (Phi) is 2.87. The summed E-state index contributed by atoms with van der Waals surface area (Å²) in [6.07, 6.45) is 7.20. The van der Waals surface area contributed by atoms with E-state index in [0.29, 0.717) is 11.9 Å². The lowest BCUT2D eigenvalue weighted by Gasteiger charge is -2.48. The highest BCUT2D eigenvalue weighted by molar-refractivity contribution is 5.83. The topological polar surface area (TPSA) is 32.3 Å². The normalized spacial score (nSPS) is 35.2. The average Bonchev–Trinajstić information content (AvgIpc) is 2.34. The van der Waals surface area contributed by atoms with Gasteiger partial charge >= 0.3 is 0 Å². The maximum Gasteiger partial charge on any atom is 0.226 e. The van der Waals surface area contributed by atoms with Crippen LogP contribution in [0.5, 0.6) is 0 Å². The first kappa shape index (κ1) is 12.1. The highest BCUT2D eigenvalue weighted by atomic mass is 16.2. The molecular formula is C15H24N2O. The van der Waals surface area contributed by atoms with Gasteiger partial charge in [-0.3, -0.25) is 4.79 Å². The van der Waals surface area contributed by atoms with E-state index in [-0.39, 0.29) is 5.41 Å². The van der Waals surface area contributed by atoms with E-state index < -0.39 is 0 Å². The van der Waals surface area contributed by atoms with Gasteiger partial charge in [-0.1, -0.05) is 6.58 Å². The first-order chi connectivity index (χ1) is 8.59. The van der Waals surface area contributed by atoms with Gasteiger partial charge in [0.05, 0.1) is 6.04 Å². The fraction of sp³-hybridized carbons (Fsp3) is 0.800. The Morgan fingerprint density at radius 3 is 2.28 bits per heavy atom. The van der Waals surface area contributed by atoms with Gasteiger partial charge in [0.15, 0.2) is 0 Å². The van der Waals surface area contributed by atoms with Crippen molar-refractivity contribution in [3.05, 3.63) is 12.3 Å². The smallest absolute Gasteiger partial charge is 0.226 e. The molecule has 0 aromatic rings. The van der Waals surface area contributed by atoms with Gasteiger partial charge < -0.3 is 10.2 Å². The molecule has 3 nitrogen and oxygen atoms in total. The molecular weight excluding hydrogens is 224 g/mol. The minimum atomic E-state index is -0.00159. The second kappa shape index (κ2) is 4.29. The van der Waals surface area contributed by atoms with Crippen molar-refractivity contribution in [3.8, 4) is 0 Å². The third kappa shape index (κ3) is 1.94. The second-order valence-electron chi connectivity index (χ2n) is 6.57. The number of amides is 1. The zero-order valence-corrected chi connectivity index (χ0v) is 11.4. The standard InChI is InChI=1S/C15H24N2O/c1-11(2)17-9-13(10-17)16-14(18)15-6-3-12(4-7-15)5-8-15/h12-13H,1,3-10H2,2H3,(H,16,18). The molecule has 0 aromatic carbocycles. The molecule has 1 amide bonds. The summed E-state index contributed by atoms with van der Waals surface area (Å²) < 4.78 is 0. The fourth-order valence-corrected chi connectivity index (χ4v) is 3.81. The highest BCUT2D eigenvalue weighted by Crippen LogP contribution is 2.50. The average molecular weight is 248 g/mol. The van der Waals surface area contributed by atoms with Gasteiger partial charge in [0.25, 0.3) is 0 Å². The zero-order chi connectivity index (χ0) is 12.8. The van der Waals surface area contributed by atoms with Gasteiger partial charge in [0.1, 0.15) is 0 Å². The van der Waals surface area contributed by atoms with Crippen molar-refractivity contribution in [3.63, 3.8) is 0 Å². The number of carbonyl (C=O) groups excluding carboxylic acids is 1. The molecule has 0 aromatic heterocycles. The molecule has 4 aliphatic rings. The van der Waals surface area contributed by atoms with E-state index in [0.717, 1.165) is 44.0 Å². The van der Waals surface area contributed by atoms with Crippen LogP contribution < -0.4 is 5.32 Å². The molecule has 2 bridgehead atoms. The number of nitrogens with one attached hydrogen (secondary N) is 1. The van der Waals surface area contributed by atoms with Crippen LogP contribution in [0.4, 0.5) is 0 Å². The van der Waals surface area contributed by atoms with Gasteiger partial charge in [0.2, 0.25) is 5.91 Å². The highest BCUT2D eigenvalue weighted by Gasteiger charge is 2.46. The molecule has 3 saturated carbocycles. The van der Waals surface area contributed by atoms with Crippen LogP contribution in [0, 0.1) is 11.3 Å². The van der Waals surface area contributed by atoms with Crippen LogP contribution in [-0.2, 0) is 4.79 Å². The molecule has 3 heteroatoms. The quantitative estimate of drug-likeness (QED) is 0.831. The molecule has 0 radical (unpaired) electrons. The number of fused-ring (bicyclic) bond motifs is 3. The molecule has 0 atom stereocenters. The van der Waals surface area contributed by atoms with Crippen molar-refractivity contribution < 1.29 is 4.79 Å².